The zero-order valence-corrected chi connectivity index (χ0v) is 8.37. The molecule has 0 aliphatic carbocycles. The molecule has 4 heteroatoms. The van der Waals surface area contributed by atoms with E-state index in [0.717, 1.165) is 26.1 Å². The zero-order chi connectivity index (χ0) is 9.40. The SMILES string of the molecule is CCN(CCCF)CCC(N)=S. The van der Waals surface area contributed by atoms with Crippen LogP contribution in [0.15, 0.2) is 0 Å². The summed E-state index contributed by atoms with van der Waals surface area (Å²) in [5.74, 6) is 0. The average Bonchev–Trinajstić information content (AvgIpc) is 2.05. The van der Waals surface area contributed by atoms with Gasteiger partial charge >= 0.3 is 0 Å². The fourth-order valence-electron chi connectivity index (χ4n) is 0.980. The molecule has 12 heavy (non-hydrogen) atoms. The second-order valence-electron chi connectivity index (χ2n) is 2.69. The van der Waals surface area contributed by atoms with Gasteiger partial charge in [-0.25, -0.2) is 0 Å². The van der Waals surface area contributed by atoms with E-state index in [4.69, 9.17) is 18.0 Å². The van der Waals surface area contributed by atoms with Crippen molar-refractivity contribution < 1.29 is 4.39 Å². The van der Waals surface area contributed by atoms with Crippen LogP contribution in [0, 0.1) is 0 Å². The fraction of sp³-hybridized carbons (Fsp3) is 0.875. The van der Waals surface area contributed by atoms with E-state index in [1.54, 1.807) is 0 Å². The number of halogens is 1. The first kappa shape index (κ1) is 11.8. The summed E-state index contributed by atoms with van der Waals surface area (Å²) in [6.07, 6.45) is 1.33. The van der Waals surface area contributed by atoms with Crippen molar-refractivity contribution in [2.45, 2.75) is 19.8 Å². The van der Waals surface area contributed by atoms with Crippen molar-refractivity contribution in [3.63, 3.8) is 0 Å². The van der Waals surface area contributed by atoms with Crippen LogP contribution in [0.1, 0.15) is 19.8 Å². The first-order chi connectivity index (χ1) is 5.70. The Bertz CT molecular complexity index is 130. The summed E-state index contributed by atoms with van der Waals surface area (Å²) in [5.41, 5.74) is 5.35. The van der Waals surface area contributed by atoms with E-state index in [1.165, 1.54) is 0 Å². The zero-order valence-electron chi connectivity index (χ0n) is 7.55. The van der Waals surface area contributed by atoms with Crippen LogP contribution in [0.3, 0.4) is 0 Å². The molecule has 2 N–H and O–H groups in total. The lowest BCUT2D eigenvalue weighted by Crippen LogP contribution is -2.28. The monoisotopic (exact) mass is 192 g/mol. The van der Waals surface area contributed by atoms with Gasteiger partial charge in [0.05, 0.1) is 11.7 Å². The topological polar surface area (TPSA) is 29.3 Å². The van der Waals surface area contributed by atoms with Crippen LogP contribution in [0.4, 0.5) is 4.39 Å². The van der Waals surface area contributed by atoms with Gasteiger partial charge in [0.2, 0.25) is 0 Å². The minimum absolute atomic E-state index is 0.246. The van der Waals surface area contributed by atoms with Crippen LogP contribution in [-0.2, 0) is 0 Å². The van der Waals surface area contributed by atoms with Crippen molar-refractivity contribution in [1.29, 1.82) is 0 Å². The normalized spacial score (nSPS) is 10.6. The largest absolute Gasteiger partial charge is 0.393 e. The first-order valence-corrected chi connectivity index (χ1v) is 4.68. The molecule has 0 aliphatic rings. The molecule has 0 fully saturated rings. The van der Waals surface area contributed by atoms with E-state index in [1.807, 2.05) is 0 Å². The van der Waals surface area contributed by atoms with Gasteiger partial charge in [-0.3, -0.25) is 4.39 Å². The number of nitrogens with zero attached hydrogens (tertiary/aromatic N) is 1. The average molecular weight is 192 g/mol. The lowest BCUT2D eigenvalue weighted by Gasteiger charge is -2.18. The standard InChI is InChI=1S/C8H17FN2S/c1-2-11(6-3-5-9)7-4-8(10)12/h2-7H2,1H3,(H2,10,12). The number of hydrogen-bond donors (Lipinski definition) is 1. The molecule has 0 aliphatic heterocycles. The highest BCUT2D eigenvalue weighted by Crippen LogP contribution is 1.94. The molecule has 0 unspecified atom stereocenters. The Morgan fingerprint density at radius 3 is 2.58 bits per heavy atom. The van der Waals surface area contributed by atoms with E-state index in [9.17, 15) is 4.39 Å². The van der Waals surface area contributed by atoms with Gasteiger partial charge in [0, 0.05) is 19.5 Å². The number of hydrogen-bond acceptors (Lipinski definition) is 2. The van der Waals surface area contributed by atoms with Gasteiger partial charge in [-0.2, -0.15) is 0 Å². The quantitative estimate of drug-likeness (QED) is 0.617. The second kappa shape index (κ2) is 7.43. The third-order valence-corrected chi connectivity index (χ3v) is 1.93. The minimum atomic E-state index is -0.246. The first-order valence-electron chi connectivity index (χ1n) is 4.27. The van der Waals surface area contributed by atoms with Gasteiger partial charge < -0.3 is 10.6 Å². The van der Waals surface area contributed by atoms with Crippen molar-refractivity contribution >= 4 is 17.2 Å². The Labute approximate surface area is 78.9 Å². The summed E-state index contributed by atoms with van der Waals surface area (Å²) in [7, 11) is 0. The van der Waals surface area contributed by atoms with Crippen molar-refractivity contribution in [2.24, 2.45) is 5.73 Å². The van der Waals surface area contributed by atoms with Gasteiger partial charge in [-0.05, 0) is 13.0 Å². The molecule has 0 aromatic carbocycles. The lowest BCUT2D eigenvalue weighted by molar-refractivity contribution is 0.278. The molecule has 0 bridgehead atoms. The number of thiocarbonyl (C=S) groups is 1. The van der Waals surface area contributed by atoms with Gasteiger partial charge in [-0.1, -0.05) is 19.1 Å². The Balaban J connectivity index is 3.45. The van der Waals surface area contributed by atoms with Crippen LogP contribution in [0.25, 0.3) is 0 Å². The van der Waals surface area contributed by atoms with E-state index >= 15 is 0 Å². The molecular weight excluding hydrogens is 175 g/mol. The van der Waals surface area contributed by atoms with Crippen LogP contribution in [-0.4, -0.2) is 36.2 Å². The molecule has 72 valence electrons. The maximum atomic E-state index is 11.8. The van der Waals surface area contributed by atoms with Crippen molar-refractivity contribution in [3.8, 4) is 0 Å². The summed E-state index contributed by atoms with van der Waals surface area (Å²) < 4.78 is 11.8. The highest BCUT2D eigenvalue weighted by molar-refractivity contribution is 7.80. The molecule has 0 atom stereocenters. The van der Waals surface area contributed by atoms with E-state index in [0.29, 0.717) is 11.4 Å². The molecular formula is C8H17FN2S. The van der Waals surface area contributed by atoms with Crippen LogP contribution >= 0.6 is 12.2 Å². The molecule has 0 rings (SSSR count). The van der Waals surface area contributed by atoms with Crippen molar-refractivity contribution in [3.05, 3.63) is 0 Å². The van der Waals surface area contributed by atoms with E-state index < -0.39 is 0 Å². The van der Waals surface area contributed by atoms with Crippen LogP contribution in [0.2, 0.25) is 0 Å². The van der Waals surface area contributed by atoms with Gasteiger partial charge in [0.15, 0.2) is 0 Å². The van der Waals surface area contributed by atoms with Crippen molar-refractivity contribution in [2.75, 3.05) is 26.3 Å². The third-order valence-electron chi connectivity index (χ3n) is 1.73. The Morgan fingerprint density at radius 1 is 1.50 bits per heavy atom. The van der Waals surface area contributed by atoms with E-state index in [2.05, 4.69) is 11.8 Å². The predicted molar refractivity (Wildman–Crippen MR) is 54.1 cm³/mol. The summed E-state index contributed by atoms with van der Waals surface area (Å²) in [6, 6.07) is 0. The summed E-state index contributed by atoms with van der Waals surface area (Å²) in [4.78, 5) is 2.69. The summed E-state index contributed by atoms with van der Waals surface area (Å²) >= 11 is 4.75. The number of rotatable bonds is 7. The molecule has 0 heterocycles. The second-order valence-corrected chi connectivity index (χ2v) is 3.22. The third kappa shape index (κ3) is 6.49. The van der Waals surface area contributed by atoms with E-state index in [-0.39, 0.29) is 6.67 Å². The Hall–Kier alpha value is -0.220. The smallest absolute Gasteiger partial charge is 0.0906 e. The Kier molecular flexibility index (Phi) is 7.29. The fourth-order valence-corrected chi connectivity index (χ4v) is 1.07. The molecule has 0 saturated heterocycles. The highest BCUT2D eigenvalue weighted by Gasteiger charge is 2.01. The maximum absolute atomic E-state index is 11.8. The van der Waals surface area contributed by atoms with Crippen LogP contribution in [0.5, 0.6) is 0 Å². The molecule has 0 saturated carbocycles. The predicted octanol–water partition coefficient (Wildman–Crippen LogP) is 1.34. The van der Waals surface area contributed by atoms with Crippen molar-refractivity contribution in [1.82, 2.24) is 4.90 Å². The van der Waals surface area contributed by atoms with Gasteiger partial charge in [0.25, 0.3) is 0 Å². The molecule has 2 nitrogen and oxygen atoms in total. The minimum Gasteiger partial charge on any atom is -0.393 e. The molecule has 0 amide bonds. The maximum Gasteiger partial charge on any atom is 0.0906 e. The molecule has 0 radical (unpaired) electrons. The molecule has 0 aromatic rings. The molecule has 0 aromatic heterocycles. The number of nitrogens with two attached hydrogens (primary N) is 1. The van der Waals surface area contributed by atoms with Crippen LogP contribution < -0.4 is 5.73 Å². The van der Waals surface area contributed by atoms with Gasteiger partial charge in [0.1, 0.15) is 0 Å². The lowest BCUT2D eigenvalue weighted by atomic mass is 10.3. The highest BCUT2D eigenvalue weighted by atomic mass is 32.1. The molecule has 0 spiro atoms. The Morgan fingerprint density at radius 2 is 2.17 bits per heavy atom. The summed E-state index contributed by atoms with van der Waals surface area (Å²) in [6.45, 7) is 4.39. The number of alkyl halides is 1. The van der Waals surface area contributed by atoms with Gasteiger partial charge in [-0.15, -0.1) is 0 Å². The summed E-state index contributed by atoms with van der Waals surface area (Å²) in [5, 5.41) is 0.